The quantitative estimate of drug-likeness (QED) is 0.663. The second-order valence-electron chi connectivity index (χ2n) is 7.43. The first-order valence-corrected chi connectivity index (χ1v) is 11.3. The molecule has 2 heterocycles. The third-order valence-corrected chi connectivity index (χ3v) is 6.50. The molecule has 30 heavy (non-hydrogen) atoms. The number of hydrogen-bond donors (Lipinski definition) is 1. The maximum absolute atomic E-state index is 12.7. The summed E-state index contributed by atoms with van der Waals surface area (Å²) in [4.78, 5) is 28.2. The predicted molar refractivity (Wildman–Crippen MR) is 118 cm³/mol. The van der Waals surface area contributed by atoms with E-state index in [4.69, 9.17) is 9.47 Å². The summed E-state index contributed by atoms with van der Waals surface area (Å²) in [7, 11) is 3.22. The second kappa shape index (κ2) is 11.0. The third-order valence-electron chi connectivity index (χ3n) is 5.56. The summed E-state index contributed by atoms with van der Waals surface area (Å²) in [5.41, 5.74) is 0.963. The Bertz CT molecular complexity index is 830. The summed E-state index contributed by atoms with van der Waals surface area (Å²) in [5, 5.41) is 5.09. The van der Waals surface area contributed by atoms with E-state index < -0.39 is 0 Å². The lowest BCUT2D eigenvalue weighted by Crippen LogP contribution is -2.43. The average molecular weight is 431 g/mol. The molecular weight excluding hydrogens is 400 g/mol. The Kier molecular flexibility index (Phi) is 8.13. The normalized spacial score (nSPS) is 14.4. The fourth-order valence-corrected chi connectivity index (χ4v) is 4.56. The number of carbonyl (C=O) groups is 2. The van der Waals surface area contributed by atoms with Gasteiger partial charge in [-0.25, -0.2) is 0 Å². The van der Waals surface area contributed by atoms with E-state index in [1.54, 1.807) is 25.6 Å². The minimum Gasteiger partial charge on any atom is -0.493 e. The van der Waals surface area contributed by atoms with Crippen molar-refractivity contribution in [2.75, 3.05) is 33.9 Å². The minimum atomic E-state index is -0.00383. The topological polar surface area (TPSA) is 67.9 Å². The van der Waals surface area contributed by atoms with Gasteiger partial charge in [0.2, 0.25) is 11.8 Å². The standard InChI is InChI=1S/C23H30N2O4S/c1-28-20-7-3-5-17(22(20)29-2)8-9-21(26)25-14-11-18(12-15-25)23(27)24-13-10-19-6-4-16-30-19/h3-7,16,18H,8-15H2,1-2H3,(H,24,27). The summed E-state index contributed by atoms with van der Waals surface area (Å²) in [6.45, 7) is 1.94. The molecule has 1 fully saturated rings. The summed E-state index contributed by atoms with van der Waals surface area (Å²) in [6.07, 6.45) is 3.33. The van der Waals surface area contributed by atoms with Gasteiger partial charge < -0.3 is 19.7 Å². The van der Waals surface area contributed by atoms with E-state index in [1.165, 1.54) is 4.88 Å². The highest BCUT2D eigenvalue weighted by Gasteiger charge is 2.27. The third kappa shape index (κ3) is 5.75. The monoisotopic (exact) mass is 430 g/mol. The molecule has 1 aliphatic heterocycles. The summed E-state index contributed by atoms with van der Waals surface area (Å²) in [5.74, 6) is 1.59. The van der Waals surface area contributed by atoms with Crippen molar-refractivity contribution < 1.29 is 19.1 Å². The van der Waals surface area contributed by atoms with E-state index in [2.05, 4.69) is 11.4 Å². The van der Waals surface area contributed by atoms with E-state index >= 15 is 0 Å². The number of thiophene rings is 1. The second-order valence-corrected chi connectivity index (χ2v) is 8.46. The number of nitrogens with one attached hydrogen (secondary N) is 1. The molecule has 0 saturated carbocycles. The van der Waals surface area contributed by atoms with E-state index in [9.17, 15) is 9.59 Å². The zero-order chi connectivity index (χ0) is 21.3. The van der Waals surface area contributed by atoms with E-state index in [0.29, 0.717) is 44.0 Å². The number of ether oxygens (including phenoxy) is 2. The molecule has 0 spiro atoms. The Hall–Kier alpha value is -2.54. The molecule has 0 aliphatic carbocycles. The Morgan fingerprint density at radius 1 is 1.10 bits per heavy atom. The first kappa shape index (κ1) is 22.2. The largest absolute Gasteiger partial charge is 0.493 e. The summed E-state index contributed by atoms with van der Waals surface area (Å²) in [6, 6.07) is 9.83. The molecule has 0 atom stereocenters. The molecule has 1 saturated heterocycles. The summed E-state index contributed by atoms with van der Waals surface area (Å²) < 4.78 is 10.8. The van der Waals surface area contributed by atoms with Crippen LogP contribution in [0.15, 0.2) is 35.7 Å². The van der Waals surface area contributed by atoms with Crippen LogP contribution in [0.3, 0.4) is 0 Å². The maximum atomic E-state index is 12.7. The van der Waals surface area contributed by atoms with Crippen LogP contribution < -0.4 is 14.8 Å². The highest BCUT2D eigenvalue weighted by Crippen LogP contribution is 2.31. The van der Waals surface area contributed by atoms with Crippen molar-refractivity contribution in [2.24, 2.45) is 5.92 Å². The van der Waals surface area contributed by atoms with Crippen LogP contribution in [-0.2, 0) is 22.4 Å². The zero-order valence-electron chi connectivity index (χ0n) is 17.7. The lowest BCUT2D eigenvalue weighted by Gasteiger charge is -2.31. The number of rotatable bonds is 9. The van der Waals surface area contributed by atoms with Crippen molar-refractivity contribution in [3.05, 3.63) is 46.2 Å². The van der Waals surface area contributed by atoms with E-state index in [-0.39, 0.29) is 17.7 Å². The number of aryl methyl sites for hydroxylation is 1. The van der Waals surface area contributed by atoms with Crippen molar-refractivity contribution in [1.82, 2.24) is 10.2 Å². The van der Waals surface area contributed by atoms with Crippen molar-refractivity contribution in [1.29, 1.82) is 0 Å². The van der Waals surface area contributed by atoms with Gasteiger partial charge in [0.05, 0.1) is 14.2 Å². The van der Waals surface area contributed by atoms with Crippen LogP contribution in [0.1, 0.15) is 29.7 Å². The van der Waals surface area contributed by atoms with Crippen LogP contribution in [0.25, 0.3) is 0 Å². The van der Waals surface area contributed by atoms with Gasteiger partial charge in [-0.15, -0.1) is 11.3 Å². The Balaban J connectivity index is 1.41. The number of hydrogen-bond acceptors (Lipinski definition) is 5. The van der Waals surface area contributed by atoms with E-state index in [0.717, 1.165) is 24.8 Å². The Morgan fingerprint density at radius 2 is 1.90 bits per heavy atom. The van der Waals surface area contributed by atoms with Crippen LogP contribution in [0, 0.1) is 5.92 Å². The molecule has 1 N–H and O–H groups in total. The van der Waals surface area contributed by atoms with Crippen LogP contribution in [0.2, 0.25) is 0 Å². The fraction of sp³-hybridized carbons (Fsp3) is 0.478. The highest BCUT2D eigenvalue weighted by atomic mass is 32.1. The molecule has 162 valence electrons. The lowest BCUT2D eigenvalue weighted by molar-refractivity contribution is -0.135. The molecular formula is C23H30N2O4S. The van der Waals surface area contributed by atoms with Gasteiger partial charge in [-0.2, -0.15) is 0 Å². The maximum Gasteiger partial charge on any atom is 0.223 e. The molecule has 1 aliphatic rings. The Morgan fingerprint density at radius 3 is 2.57 bits per heavy atom. The van der Waals surface area contributed by atoms with Gasteiger partial charge in [0.25, 0.3) is 0 Å². The van der Waals surface area contributed by atoms with Crippen LogP contribution in [0.4, 0.5) is 0 Å². The summed E-state index contributed by atoms with van der Waals surface area (Å²) >= 11 is 1.71. The molecule has 3 rings (SSSR count). The first-order valence-electron chi connectivity index (χ1n) is 10.4. The molecule has 1 aromatic carbocycles. The van der Waals surface area contributed by atoms with Gasteiger partial charge >= 0.3 is 0 Å². The predicted octanol–water partition coefficient (Wildman–Crippen LogP) is 3.30. The number of piperidine rings is 1. The van der Waals surface area contributed by atoms with Crippen molar-refractivity contribution in [3.63, 3.8) is 0 Å². The highest BCUT2D eigenvalue weighted by molar-refractivity contribution is 7.09. The number of likely N-dealkylation sites (tertiary alicyclic amines) is 1. The number of nitrogens with zero attached hydrogens (tertiary/aromatic N) is 1. The van der Waals surface area contributed by atoms with E-state index in [1.807, 2.05) is 34.5 Å². The molecule has 6 nitrogen and oxygen atoms in total. The number of methoxy groups -OCH3 is 2. The molecule has 2 amide bonds. The molecule has 7 heteroatoms. The minimum absolute atomic E-state index is 0.00383. The van der Waals surface area contributed by atoms with Gasteiger partial charge in [0, 0.05) is 36.9 Å². The average Bonchev–Trinajstić information content (AvgIpc) is 3.30. The smallest absolute Gasteiger partial charge is 0.223 e. The number of carbonyl (C=O) groups excluding carboxylic acids is 2. The van der Waals surface area contributed by atoms with Gasteiger partial charge in [-0.05, 0) is 48.8 Å². The molecule has 0 radical (unpaired) electrons. The van der Waals surface area contributed by atoms with Crippen molar-refractivity contribution in [2.45, 2.75) is 32.1 Å². The first-order chi connectivity index (χ1) is 14.6. The number of para-hydroxylation sites is 1. The van der Waals surface area contributed by atoms with Crippen LogP contribution in [-0.4, -0.2) is 50.6 Å². The van der Waals surface area contributed by atoms with Crippen molar-refractivity contribution in [3.8, 4) is 11.5 Å². The lowest BCUT2D eigenvalue weighted by atomic mass is 9.95. The molecule has 1 aromatic heterocycles. The van der Waals surface area contributed by atoms with Gasteiger partial charge in [-0.3, -0.25) is 9.59 Å². The Labute approximate surface area is 182 Å². The van der Waals surface area contributed by atoms with Gasteiger partial charge in [0.1, 0.15) is 0 Å². The fourth-order valence-electron chi connectivity index (χ4n) is 3.85. The van der Waals surface area contributed by atoms with Gasteiger partial charge in [-0.1, -0.05) is 18.2 Å². The molecule has 0 bridgehead atoms. The van der Waals surface area contributed by atoms with Gasteiger partial charge in [0.15, 0.2) is 11.5 Å². The SMILES string of the molecule is COc1cccc(CCC(=O)N2CCC(C(=O)NCCc3cccs3)CC2)c1OC. The molecule has 0 unspecified atom stereocenters. The van der Waals surface area contributed by atoms with Crippen LogP contribution in [0.5, 0.6) is 11.5 Å². The van der Waals surface area contributed by atoms with Crippen molar-refractivity contribution >= 4 is 23.2 Å². The number of amides is 2. The number of benzene rings is 1. The molecule has 2 aromatic rings. The zero-order valence-corrected chi connectivity index (χ0v) is 18.5. The van der Waals surface area contributed by atoms with Crippen LogP contribution >= 0.6 is 11.3 Å².